The van der Waals surface area contributed by atoms with Gasteiger partial charge in [-0.1, -0.05) is 12.2 Å². The van der Waals surface area contributed by atoms with E-state index in [0.29, 0.717) is 0 Å². The van der Waals surface area contributed by atoms with Crippen LogP contribution in [0.15, 0.2) is 35.5 Å². The van der Waals surface area contributed by atoms with E-state index in [4.69, 9.17) is 4.74 Å². The number of methoxy groups -OCH3 is 1. The number of hydrazone groups is 1. The molecule has 5 nitrogen and oxygen atoms in total. The minimum atomic E-state index is -0.202. The number of rotatable bonds is 3. The SMILES string of the molecule is COc1ccc(C=NN2C(=O)[C@@H]3[C@H](C2=O)[C@H]2C=C[C@H]3C2)cc1C. The maximum Gasteiger partial charge on any atom is 0.254 e. The first kappa shape index (κ1) is 14.2. The number of carbonyl (C=O) groups excluding carboxylic acids is 2. The Labute approximate surface area is 134 Å². The fourth-order valence-electron chi connectivity index (χ4n) is 4.11. The maximum absolute atomic E-state index is 12.5. The summed E-state index contributed by atoms with van der Waals surface area (Å²) in [5, 5.41) is 5.24. The fraction of sp³-hybridized carbons (Fsp3) is 0.389. The second kappa shape index (κ2) is 5.05. The van der Waals surface area contributed by atoms with Crippen LogP contribution in [0.2, 0.25) is 0 Å². The van der Waals surface area contributed by atoms with Gasteiger partial charge >= 0.3 is 0 Å². The minimum Gasteiger partial charge on any atom is -0.496 e. The predicted molar refractivity (Wildman–Crippen MR) is 84.9 cm³/mol. The van der Waals surface area contributed by atoms with Gasteiger partial charge in [0, 0.05) is 0 Å². The van der Waals surface area contributed by atoms with Gasteiger partial charge in [-0.2, -0.15) is 10.1 Å². The highest BCUT2D eigenvalue weighted by atomic mass is 16.5. The van der Waals surface area contributed by atoms with E-state index in [1.807, 2.05) is 25.1 Å². The summed E-state index contributed by atoms with van der Waals surface area (Å²) < 4.78 is 5.22. The Kier molecular flexibility index (Phi) is 3.11. The molecule has 4 atom stereocenters. The van der Waals surface area contributed by atoms with Gasteiger partial charge in [-0.3, -0.25) is 9.59 Å². The molecular formula is C18H18N2O3. The molecule has 0 radical (unpaired) electrons. The van der Waals surface area contributed by atoms with Gasteiger partial charge in [-0.15, -0.1) is 0 Å². The minimum absolute atomic E-state index is 0.154. The average Bonchev–Trinajstić information content (AvgIpc) is 3.21. The summed E-state index contributed by atoms with van der Waals surface area (Å²) in [5.41, 5.74) is 1.82. The summed E-state index contributed by atoms with van der Waals surface area (Å²) in [6, 6.07) is 5.62. The fourth-order valence-corrected chi connectivity index (χ4v) is 4.11. The van der Waals surface area contributed by atoms with E-state index in [0.717, 1.165) is 28.3 Å². The number of imide groups is 1. The molecule has 0 spiro atoms. The van der Waals surface area contributed by atoms with Crippen LogP contribution in [0.4, 0.5) is 0 Å². The van der Waals surface area contributed by atoms with Crippen molar-refractivity contribution in [2.45, 2.75) is 13.3 Å². The number of fused-ring (bicyclic) bond motifs is 5. The van der Waals surface area contributed by atoms with Crippen LogP contribution in [0.1, 0.15) is 17.5 Å². The molecule has 1 saturated heterocycles. The molecule has 1 saturated carbocycles. The summed E-state index contributed by atoms with van der Waals surface area (Å²) in [6.07, 6.45) is 6.66. The number of amides is 2. The largest absolute Gasteiger partial charge is 0.496 e. The van der Waals surface area contributed by atoms with E-state index in [1.54, 1.807) is 13.3 Å². The Balaban J connectivity index is 1.57. The first-order chi connectivity index (χ1) is 11.1. The molecule has 1 aromatic carbocycles. The van der Waals surface area contributed by atoms with Gasteiger partial charge in [0.25, 0.3) is 11.8 Å². The van der Waals surface area contributed by atoms with Crippen LogP contribution in [0.5, 0.6) is 5.75 Å². The summed E-state index contributed by atoms with van der Waals surface area (Å²) >= 11 is 0. The first-order valence-electron chi connectivity index (χ1n) is 7.85. The van der Waals surface area contributed by atoms with Crippen LogP contribution in [-0.2, 0) is 9.59 Å². The van der Waals surface area contributed by atoms with Crippen molar-refractivity contribution in [3.8, 4) is 5.75 Å². The number of benzene rings is 1. The zero-order valence-corrected chi connectivity index (χ0v) is 13.1. The van der Waals surface area contributed by atoms with E-state index in [9.17, 15) is 9.59 Å². The highest BCUT2D eigenvalue weighted by Crippen LogP contribution is 2.52. The topological polar surface area (TPSA) is 59.0 Å². The van der Waals surface area contributed by atoms with Gasteiger partial charge in [0.05, 0.1) is 25.2 Å². The lowest BCUT2D eigenvalue weighted by Crippen LogP contribution is -2.28. The van der Waals surface area contributed by atoms with Crippen molar-refractivity contribution in [3.63, 3.8) is 0 Å². The van der Waals surface area contributed by atoms with E-state index in [2.05, 4.69) is 17.3 Å². The zero-order valence-electron chi connectivity index (χ0n) is 13.1. The predicted octanol–water partition coefficient (Wildman–Crippen LogP) is 2.14. The van der Waals surface area contributed by atoms with Crippen molar-refractivity contribution in [3.05, 3.63) is 41.5 Å². The lowest BCUT2D eigenvalue weighted by atomic mass is 9.85. The van der Waals surface area contributed by atoms with Crippen molar-refractivity contribution >= 4 is 18.0 Å². The standard InChI is InChI=1S/C18H18N2O3/c1-10-7-11(3-6-14(10)23-2)9-19-20-17(21)15-12-4-5-13(8-12)16(15)18(20)22/h3-7,9,12-13,15-16H,8H2,1-2H3/t12-,13-,15-,16+/m0/s1. The Morgan fingerprint density at radius 1 is 1.17 bits per heavy atom. The van der Waals surface area contributed by atoms with Crippen LogP contribution < -0.4 is 4.74 Å². The summed E-state index contributed by atoms with van der Waals surface area (Å²) in [7, 11) is 1.62. The molecule has 2 amide bonds. The van der Waals surface area contributed by atoms with Crippen molar-refractivity contribution in [1.82, 2.24) is 5.01 Å². The molecule has 5 heteroatoms. The van der Waals surface area contributed by atoms with Gasteiger partial charge in [0.15, 0.2) is 0 Å². The lowest BCUT2D eigenvalue weighted by Gasteiger charge is -2.13. The molecule has 1 aromatic rings. The summed E-state index contributed by atoms with van der Waals surface area (Å²) in [4.78, 5) is 25.0. The molecule has 2 aliphatic carbocycles. The molecule has 0 unspecified atom stereocenters. The lowest BCUT2D eigenvalue weighted by molar-refractivity contribution is -0.140. The first-order valence-corrected chi connectivity index (χ1v) is 7.85. The molecular weight excluding hydrogens is 292 g/mol. The van der Waals surface area contributed by atoms with Crippen molar-refractivity contribution in [2.75, 3.05) is 7.11 Å². The number of hydrogen-bond donors (Lipinski definition) is 0. The molecule has 1 heterocycles. The zero-order chi connectivity index (χ0) is 16.1. The third-order valence-electron chi connectivity index (χ3n) is 5.19. The molecule has 2 bridgehead atoms. The van der Waals surface area contributed by atoms with Crippen LogP contribution >= 0.6 is 0 Å². The van der Waals surface area contributed by atoms with Crippen molar-refractivity contribution in [2.24, 2.45) is 28.8 Å². The number of allylic oxidation sites excluding steroid dienone is 2. The highest BCUT2D eigenvalue weighted by molar-refractivity contribution is 6.06. The molecule has 0 N–H and O–H groups in total. The monoisotopic (exact) mass is 310 g/mol. The summed E-state index contributed by atoms with van der Waals surface area (Å²) in [6.45, 7) is 1.94. The van der Waals surface area contributed by atoms with E-state index in [1.165, 1.54) is 0 Å². The molecule has 2 fully saturated rings. The van der Waals surface area contributed by atoms with Crippen LogP contribution in [0, 0.1) is 30.6 Å². The number of aryl methyl sites for hydroxylation is 1. The van der Waals surface area contributed by atoms with Crippen LogP contribution in [0.3, 0.4) is 0 Å². The van der Waals surface area contributed by atoms with Gasteiger partial charge in [0.1, 0.15) is 5.75 Å². The second-order valence-electron chi connectivity index (χ2n) is 6.46. The van der Waals surface area contributed by atoms with E-state index in [-0.39, 0.29) is 35.5 Å². The van der Waals surface area contributed by atoms with Gasteiger partial charge in [-0.25, -0.2) is 0 Å². The Morgan fingerprint density at radius 2 is 1.83 bits per heavy atom. The number of ether oxygens (including phenoxy) is 1. The van der Waals surface area contributed by atoms with Crippen molar-refractivity contribution in [1.29, 1.82) is 0 Å². The van der Waals surface area contributed by atoms with Crippen LogP contribution in [-0.4, -0.2) is 30.1 Å². The van der Waals surface area contributed by atoms with E-state index < -0.39 is 0 Å². The Bertz CT molecular complexity index is 723. The van der Waals surface area contributed by atoms with Gasteiger partial charge in [-0.05, 0) is 54.5 Å². The normalized spacial score (nSPS) is 31.5. The Morgan fingerprint density at radius 3 is 2.39 bits per heavy atom. The third-order valence-corrected chi connectivity index (χ3v) is 5.19. The molecule has 3 aliphatic rings. The van der Waals surface area contributed by atoms with Crippen molar-refractivity contribution < 1.29 is 14.3 Å². The molecule has 1 aliphatic heterocycles. The number of nitrogens with zero attached hydrogens (tertiary/aromatic N) is 2. The van der Waals surface area contributed by atoms with Gasteiger partial charge < -0.3 is 4.74 Å². The van der Waals surface area contributed by atoms with Crippen LogP contribution in [0.25, 0.3) is 0 Å². The molecule has 0 aromatic heterocycles. The average molecular weight is 310 g/mol. The maximum atomic E-state index is 12.5. The third kappa shape index (κ3) is 2.03. The molecule has 4 rings (SSSR count). The molecule has 23 heavy (non-hydrogen) atoms. The Hall–Kier alpha value is -2.43. The second-order valence-corrected chi connectivity index (χ2v) is 6.46. The molecule has 118 valence electrons. The quantitative estimate of drug-likeness (QED) is 0.488. The van der Waals surface area contributed by atoms with Gasteiger partial charge in [0.2, 0.25) is 0 Å². The summed E-state index contributed by atoms with van der Waals surface area (Å²) in [5.74, 6) is 0.513. The number of carbonyl (C=O) groups is 2. The highest BCUT2D eigenvalue weighted by Gasteiger charge is 2.59. The number of hydrogen-bond acceptors (Lipinski definition) is 4. The smallest absolute Gasteiger partial charge is 0.254 e. The van der Waals surface area contributed by atoms with E-state index >= 15 is 0 Å².